The van der Waals surface area contributed by atoms with Crippen LogP contribution in [0.15, 0.2) is 53.1 Å². The highest BCUT2D eigenvalue weighted by molar-refractivity contribution is 5.78. The topological polar surface area (TPSA) is 77.7 Å². The van der Waals surface area contributed by atoms with Crippen LogP contribution in [0.3, 0.4) is 0 Å². The summed E-state index contributed by atoms with van der Waals surface area (Å²) in [6.07, 6.45) is 1.13. The number of likely N-dealkylation sites (tertiary alicyclic amines) is 1. The average Bonchev–Trinajstić information content (AvgIpc) is 3.36. The van der Waals surface area contributed by atoms with Crippen LogP contribution >= 0.6 is 0 Å². The predicted octanol–water partition coefficient (Wildman–Crippen LogP) is 3.62. The van der Waals surface area contributed by atoms with Gasteiger partial charge in [0.1, 0.15) is 17.5 Å². The van der Waals surface area contributed by atoms with Crippen LogP contribution in [-0.4, -0.2) is 35.2 Å². The van der Waals surface area contributed by atoms with Crippen LogP contribution in [0.25, 0.3) is 11.4 Å². The van der Waals surface area contributed by atoms with E-state index in [0.29, 0.717) is 31.1 Å². The standard InChI is InChI=1S/C21H21N3O4/c1-26-16-8-6-15(7-9-16)20-22-21(28-23-20)18-10-11-19(25)24(18)13-14-4-3-5-17(12-14)27-2/h3-9,12,18H,10-11,13H2,1-2H3. The normalized spacial score (nSPS) is 16.4. The Hall–Kier alpha value is -3.35. The number of ether oxygens (including phenoxy) is 2. The molecule has 1 saturated heterocycles. The van der Waals surface area contributed by atoms with Crippen LogP contribution in [0.5, 0.6) is 11.5 Å². The third kappa shape index (κ3) is 3.55. The lowest BCUT2D eigenvalue weighted by atomic mass is 10.1. The van der Waals surface area contributed by atoms with E-state index in [4.69, 9.17) is 14.0 Å². The fraction of sp³-hybridized carbons (Fsp3) is 0.286. The van der Waals surface area contributed by atoms with Crippen LogP contribution in [0.1, 0.15) is 30.3 Å². The second-order valence-electron chi connectivity index (χ2n) is 6.61. The van der Waals surface area contributed by atoms with Crippen LogP contribution in [0.2, 0.25) is 0 Å². The van der Waals surface area contributed by atoms with E-state index < -0.39 is 0 Å². The van der Waals surface area contributed by atoms with E-state index >= 15 is 0 Å². The van der Waals surface area contributed by atoms with E-state index in [1.54, 1.807) is 19.1 Å². The maximum Gasteiger partial charge on any atom is 0.249 e. The molecule has 7 nitrogen and oxygen atoms in total. The highest BCUT2D eigenvalue weighted by atomic mass is 16.5. The first kappa shape index (κ1) is 18.0. The molecule has 1 fully saturated rings. The fourth-order valence-electron chi connectivity index (χ4n) is 3.38. The van der Waals surface area contributed by atoms with Gasteiger partial charge in [-0.3, -0.25) is 4.79 Å². The molecule has 1 aliphatic heterocycles. The molecule has 7 heteroatoms. The summed E-state index contributed by atoms with van der Waals surface area (Å²) in [5, 5.41) is 4.10. The number of aromatic nitrogens is 2. The fourth-order valence-corrected chi connectivity index (χ4v) is 3.38. The number of methoxy groups -OCH3 is 2. The number of nitrogens with zero attached hydrogens (tertiary/aromatic N) is 3. The van der Waals surface area contributed by atoms with Gasteiger partial charge in [-0.2, -0.15) is 4.98 Å². The van der Waals surface area contributed by atoms with E-state index in [9.17, 15) is 4.79 Å². The van der Waals surface area contributed by atoms with Gasteiger partial charge < -0.3 is 18.9 Å². The Morgan fingerprint density at radius 3 is 2.64 bits per heavy atom. The molecule has 0 N–H and O–H groups in total. The van der Waals surface area contributed by atoms with Gasteiger partial charge in [0.25, 0.3) is 0 Å². The largest absolute Gasteiger partial charge is 0.497 e. The van der Waals surface area contributed by atoms with Gasteiger partial charge in [-0.1, -0.05) is 17.3 Å². The summed E-state index contributed by atoms with van der Waals surface area (Å²) in [5.41, 5.74) is 1.83. The third-order valence-electron chi connectivity index (χ3n) is 4.89. The number of amides is 1. The van der Waals surface area contributed by atoms with Gasteiger partial charge in [-0.15, -0.1) is 0 Å². The van der Waals surface area contributed by atoms with E-state index in [2.05, 4.69) is 10.1 Å². The zero-order valence-electron chi connectivity index (χ0n) is 15.8. The minimum absolute atomic E-state index is 0.0806. The van der Waals surface area contributed by atoms with Crippen molar-refractivity contribution in [1.82, 2.24) is 15.0 Å². The summed E-state index contributed by atoms with van der Waals surface area (Å²) >= 11 is 0. The first-order chi connectivity index (χ1) is 13.7. The Balaban J connectivity index is 1.55. The second-order valence-corrected chi connectivity index (χ2v) is 6.61. The molecule has 2 aromatic carbocycles. The molecule has 1 aromatic heterocycles. The summed E-state index contributed by atoms with van der Waals surface area (Å²) in [6, 6.07) is 14.9. The highest BCUT2D eigenvalue weighted by Crippen LogP contribution is 2.34. The molecule has 1 amide bonds. The van der Waals surface area contributed by atoms with Crippen molar-refractivity contribution < 1.29 is 18.8 Å². The molecule has 0 radical (unpaired) electrons. The zero-order chi connectivity index (χ0) is 19.5. The number of carbonyl (C=O) groups is 1. The molecule has 1 atom stereocenters. The van der Waals surface area contributed by atoms with E-state index in [1.165, 1.54) is 0 Å². The molecule has 2 heterocycles. The molecular formula is C21H21N3O4. The zero-order valence-corrected chi connectivity index (χ0v) is 15.8. The lowest BCUT2D eigenvalue weighted by molar-refractivity contribution is -0.130. The SMILES string of the molecule is COc1ccc(-c2noc(C3CCC(=O)N3Cc3cccc(OC)c3)n2)cc1. The van der Waals surface area contributed by atoms with Gasteiger partial charge in [-0.25, -0.2) is 0 Å². The molecule has 144 valence electrons. The highest BCUT2D eigenvalue weighted by Gasteiger charge is 2.36. The molecule has 0 aliphatic carbocycles. The second kappa shape index (κ2) is 7.72. The molecule has 1 unspecified atom stereocenters. The first-order valence-corrected chi connectivity index (χ1v) is 9.08. The lowest BCUT2D eigenvalue weighted by Gasteiger charge is -2.22. The number of hydrogen-bond acceptors (Lipinski definition) is 6. The predicted molar refractivity (Wildman–Crippen MR) is 102 cm³/mol. The van der Waals surface area contributed by atoms with Crippen molar-refractivity contribution in [2.45, 2.75) is 25.4 Å². The molecule has 0 saturated carbocycles. The molecule has 0 bridgehead atoms. The Kier molecular flexibility index (Phi) is 4.97. The van der Waals surface area contributed by atoms with E-state index in [0.717, 1.165) is 22.6 Å². The molecule has 3 aromatic rings. The molecule has 1 aliphatic rings. The molecular weight excluding hydrogens is 358 g/mol. The van der Waals surface area contributed by atoms with Crippen LogP contribution in [-0.2, 0) is 11.3 Å². The number of hydrogen-bond donors (Lipinski definition) is 0. The summed E-state index contributed by atoms with van der Waals surface area (Å²) in [4.78, 5) is 18.8. The minimum atomic E-state index is -0.224. The van der Waals surface area contributed by atoms with Crippen molar-refractivity contribution in [2.24, 2.45) is 0 Å². The van der Waals surface area contributed by atoms with Crippen LogP contribution in [0, 0.1) is 0 Å². The van der Waals surface area contributed by atoms with Crippen LogP contribution < -0.4 is 9.47 Å². The molecule has 0 spiro atoms. The van der Waals surface area contributed by atoms with Gasteiger partial charge >= 0.3 is 0 Å². The maximum absolute atomic E-state index is 12.5. The Morgan fingerprint density at radius 2 is 1.89 bits per heavy atom. The quantitative estimate of drug-likeness (QED) is 0.651. The number of rotatable bonds is 6. The first-order valence-electron chi connectivity index (χ1n) is 9.08. The van der Waals surface area contributed by atoms with Crippen molar-refractivity contribution in [3.8, 4) is 22.9 Å². The summed E-state index contributed by atoms with van der Waals surface area (Å²) < 4.78 is 16.0. The van der Waals surface area contributed by atoms with Crippen molar-refractivity contribution >= 4 is 5.91 Å². The monoisotopic (exact) mass is 379 g/mol. The van der Waals surface area contributed by atoms with Crippen molar-refractivity contribution in [3.63, 3.8) is 0 Å². The minimum Gasteiger partial charge on any atom is -0.497 e. The summed E-state index contributed by atoms with van der Waals surface area (Å²) in [6.45, 7) is 0.473. The smallest absolute Gasteiger partial charge is 0.249 e. The Morgan fingerprint density at radius 1 is 1.11 bits per heavy atom. The summed E-state index contributed by atoms with van der Waals surface area (Å²) in [7, 11) is 3.25. The van der Waals surface area contributed by atoms with Gasteiger partial charge in [-0.05, 0) is 48.4 Å². The average molecular weight is 379 g/mol. The van der Waals surface area contributed by atoms with E-state index in [-0.39, 0.29) is 11.9 Å². The van der Waals surface area contributed by atoms with Crippen molar-refractivity contribution in [1.29, 1.82) is 0 Å². The van der Waals surface area contributed by atoms with Crippen molar-refractivity contribution in [3.05, 3.63) is 60.0 Å². The third-order valence-corrected chi connectivity index (χ3v) is 4.89. The maximum atomic E-state index is 12.5. The lowest BCUT2D eigenvalue weighted by Crippen LogP contribution is -2.27. The summed E-state index contributed by atoms with van der Waals surface area (Å²) in [5.74, 6) is 2.56. The van der Waals surface area contributed by atoms with Crippen LogP contribution in [0.4, 0.5) is 0 Å². The Labute approximate surface area is 162 Å². The Bertz CT molecular complexity index is 968. The van der Waals surface area contributed by atoms with Gasteiger partial charge in [0.2, 0.25) is 17.6 Å². The molecule has 28 heavy (non-hydrogen) atoms. The van der Waals surface area contributed by atoms with Gasteiger partial charge in [0.05, 0.1) is 14.2 Å². The van der Waals surface area contributed by atoms with Gasteiger partial charge in [0.15, 0.2) is 0 Å². The van der Waals surface area contributed by atoms with Gasteiger partial charge in [0, 0.05) is 18.5 Å². The number of benzene rings is 2. The van der Waals surface area contributed by atoms with E-state index in [1.807, 2.05) is 48.5 Å². The van der Waals surface area contributed by atoms with Crippen molar-refractivity contribution in [2.75, 3.05) is 14.2 Å². The number of carbonyl (C=O) groups excluding carboxylic acids is 1. The molecule has 4 rings (SSSR count).